The first-order chi connectivity index (χ1) is 12.2. The largest absolute Gasteiger partial charge is 0.296 e. The highest BCUT2D eigenvalue weighted by Gasteiger charge is 2.33. The topological polar surface area (TPSA) is 72.7 Å². The molecule has 7 heteroatoms. The summed E-state index contributed by atoms with van der Waals surface area (Å²) in [6.45, 7) is 4.07. The minimum absolute atomic E-state index is 0.166. The lowest BCUT2D eigenvalue weighted by molar-refractivity contribution is 0.102. The molecular weight excluding hydrogens is 334 g/mol. The molecule has 1 aliphatic carbocycles. The van der Waals surface area contributed by atoms with Crippen molar-refractivity contribution in [3.8, 4) is 5.69 Å². The molecule has 1 saturated carbocycles. The number of nitrogens with one attached hydrogen (secondary N) is 1. The summed E-state index contributed by atoms with van der Waals surface area (Å²) in [6, 6.07) is 8.09. The Morgan fingerprint density at radius 3 is 2.80 bits per heavy atom. The minimum atomic E-state index is -0.166. The van der Waals surface area contributed by atoms with E-state index in [0.717, 1.165) is 41.2 Å². The van der Waals surface area contributed by atoms with E-state index in [1.165, 1.54) is 11.3 Å². The average molecular weight is 353 g/mol. The Morgan fingerprint density at radius 2 is 2.12 bits per heavy atom. The second-order valence-corrected chi connectivity index (χ2v) is 7.29. The summed E-state index contributed by atoms with van der Waals surface area (Å²) in [4.78, 5) is 12.8. The van der Waals surface area contributed by atoms with Gasteiger partial charge in [0.25, 0.3) is 5.91 Å². The number of carbonyl (C=O) groups is 1. The molecule has 25 heavy (non-hydrogen) atoms. The van der Waals surface area contributed by atoms with Crippen molar-refractivity contribution in [3.05, 3.63) is 52.3 Å². The predicted octanol–water partition coefficient (Wildman–Crippen LogP) is 3.72. The van der Waals surface area contributed by atoms with Crippen LogP contribution < -0.4 is 5.32 Å². The Labute approximate surface area is 149 Å². The summed E-state index contributed by atoms with van der Waals surface area (Å²) >= 11 is 1.41. The van der Waals surface area contributed by atoms with E-state index in [4.69, 9.17) is 0 Å². The maximum Gasteiger partial charge on any atom is 0.260 e. The van der Waals surface area contributed by atoms with Crippen LogP contribution in [0.3, 0.4) is 0 Å². The Balaban J connectivity index is 1.68. The summed E-state index contributed by atoms with van der Waals surface area (Å²) in [5.74, 6) is 0.226. The highest BCUT2D eigenvalue weighted by atomic mass is 32.1. The number of nitrogens with zero attached hydrogens (tertiary/aromatic N) is 4. The van der Waals surface area contributed by atoms with Crippen molar-refractivity contribution < 1.29 is 4.79 Å². The van der Waals surface area contributed by atoms with Crippen LogP contribution in [0.15, 0.2) is 30.5 Å². The number of benzene rings is 1. The third kappa shape index (κ3) is 3.07. The number of para-hydroxylation sites is 1. The van der Waals surface area contributed by atoms with Gasteiger partial charge in [-0.15, -0.1) is 10.2 Å². The van der Waals surface area contributed by atoms with Gasteiger partial charge in [0.15, 0.2) is 0 Å². The number of rotatable bonds is 5. The molecule has 0 atom stereocenters. The maximum atomic E-state index is 12.8. The van der Waals surface area contributed by atoms with E-state index in [-0.39, 0.29) is 5.91 Å². The van der Waals surface area contributed by atoms with Crippen molar-refractivity contribution >= 4 is 22.4 Å². The van der Waals surface area contributed by atoms with Crippen LogP contribution in [-0.4, -0.2) is 25.9 Å². The lowest BCUT2D eigenvalue weighted by atomic mass is 10.1. The molecule has 1 fully saturated rings. The predicted molar refractivity (Wildman–Crippen MR) is 97.5 cm³/mol. The molecule has 4 rings (SSSR count). The van der Waals surface area contributed by atoms with Gasteiger partial charge in [-0.05, 0) is 37.8 Å². The van der Waals surface area contributed by atoms with E-state index in [9.17, 15) is 4.79 Å². The SMILES string of the molecule is CCc1nnc(NC(=O)c2cnn(-c3ccccc3C)c2C2CC2)s1. The van der Waals surface area contributed by atoms with Crippen molar-refractivity contribution in [1.82, 2.24) is 20.0 Å². The molecule has 1 aliphatic rings. The Kier molecular flexibility index (Phi) is 4.09. The van der Waals surface area contributed by atoms with E-state index >= 15 is 0 Å². The summed E-state index contributed by atoms with van der Waals surface area (Å²) in [5.41, 5.74) is 3.77. The average Bonchev–Trinajstić information content (AvgIpc) is 3.19. The van der Waals surface area contributed by atoms with Crippen LogP contribution in [0.25, 0.3) is 5.69 Å². The number of hydrogen-bond donors (Lipinski definition) is 1. The van der Waals surface area contributed by atoms with E-state index in [2.05, 4.69) is 33.6 Å². The molecule has 3 aromatic rings. The second-order valence-electron chi connectivity index (χ2n) is 6.22. The molecule has 2 heterocycles. The summed E-state index contributed by atoms with van der Waals surface area (Å²) < 4.78 is 1.92. The van der Waals surface area contributed by atoms with E-state index in [0.29, 0.717) is 16.6 Å². The van der Waals surface area contributed by atoms with Crippen molar-refractivity contribution in [2.24, 2.45) is 0 Å². The molecule has 0 saturated heterocycles. The first kappa shape index (κ1) is 16.0. The van der Waals surface area contributed by atoms with Gasteiger partial charge in [-0.2, -0.15) is 5.10 Å². The molecule has 6 nitrogen and oxygen atoms in total. The normalized spacial score (nSPS) is 13.8. The van der Waals surface area contributed by atoms with Crippen molar-refractivity contribution in [2.45, 2.75) is 39.0 Å². The van der Waals surface area contributed by atoms with Crippen molar-refractivity contribution in [3.63, 3.8) is 0 Å². The van der Waals surface area contributed by atoms with Gasteiger partial charge in [0.1, 0.15) is 5.01 Å². The molecule has 1 N–H and O–H groups in total. The standard InChI is InChI=1S/C18H19N5OS/c1-3-15-21-22-18(25-15)20-17(24)13-10-19-23(16(13)12-8-9-12)14-7-5-4-6-11(14)2/h4-7,10,12H,3,8-9H2,1-2H3,(H,20,22,24). The zero-order valence-corrected chi connectivity index (χ0v) is 15.0. The zero-order chi connectivity index (χ0) is 17.4. The molecular formula is C18H19N5OS. The van der Waals surface area contributed by atoms with Gasteiger partial charge >= 0.3 is 0 Å². The fourth-order valence-corrected chi connectivity index (χ4v) is 3.56. The van der Waals surface area contributed by atoms with E-state index in [1.54, 1.807) is 6.20 Å². The maximum absolute atomic E-state index is 12.8. The lowest BCUT2D eigenvalue weighted by Crippen LogP contribution is -2.14. The fourth-order valence-electron chi connectivity index (χ4n) is 2.89. The Morgan fingerprint density at radius 1 is 1.32 bits per heavy atom. The van der Waals surface area contributed by atoms with Crippen LogP contribution in [0.5, 0.6) is 0 Å². The molecule has 0 unspecified atom stereocenters. The number of anilines is 1. The Hall–Kier alpha value is -2.54. The van der Waals surface area contributed by atoms with E-state index in [1.807, 2.05) is 29.8 Å². The van der Waals surface area contributed by atoms with Crippen LogP contribution in [-0.2, 0) is 6.42 Å². The van der Waals surface area contributed by atoms with Crippen molar-refractivity contribution in [2.75, 3.05) is 5.32 Å². The Bertz CT molecular complexity index is 925. The molecule has 0 aliphatic heterocycles. The molecule has 0 spiro atoms. The lowest BCUT2D eigenvalue weighted by Gasteiger charge is -2.11. The van der Waals surface area contributed by atoms with Gasteiger partial charge in [-0.25, -0.2) is 4.68 Å². The van der Waals surface area contributed by atoms with Crippen LogP contribution in [0.1, 0.15) is 52.3 Å². The quantitative estimate of drug-likeness (QED) is 0.759. The second kappa shape index (κ2) is 6.40. The van der Waals surface area contributed by atoms with Crippen LogP contribution in [0, 0.1) is 6.92 Å². The molecule has 0 radical (unpaired) electrons. The third-order valence-electron chi connectivity index (χ3n) is 4.35. The van der Waals surface area contributed by atoms with Crippen LogP contribution >= 0.6 is 11.3 Å². The first-order valence-corrected chi connectivity index (χ1v) is 9.26. The molecule has 1 aromatic carbocycles. The fraction of sp³-hybridized carbons (Fsp3) is 0.333. The van der Waals surface area contributed by atoms with Crippen LogP contribution in [0.4, 0.5) is 5.13 Å². The summed E-state index contributed by atoms with van der Waals surface area (Å²) in [5, 5.41) is 16.9. The highest BCUT2D eigenvalue weighted by Crippen LogP contribution is 2.42. The van der Waals surface area contributed by atoms with Gasteiger partial charge in [-0.3, -0.25) is 10.1 Å². The number of aromatic nitrogens is 4. The highest BCUT2D eigenvalue weighted by molar-refractivity contribution is 7.15. The summed E-state index contributed by atoms with van der Waals surface area (Å²) in [7, 11) is 0. The van der Waals surface area contributed by atoms with Gasteiger partial charge in [0, 0.05) is 5.92 Å². The van der Waals surface area contributed by atoms with Crippen LogP contribution in [0.2, 0.25) is 0 Å². The minimum Gasteiger partial charge on any atom is -0.296 e. The van der Waals surface area contributed by atoms with E-state index < -0.39 is 0 Å². The number of amides is 1. The first-order valence-electron chi connectivity index (χ1n) is 8.45. The molecule has 0 bridgehead atoms. The molecule has 2 aromatic heterocycles. The zero-order valence-electron chi connectivity index (χ0n) is 14.2. The summed E-state index contributed by atoms with van der Waals surface area (Å²) in [6.07, 6.45) is 4.66. The van der Waals surface area contributed by atoms with Gasteiger partial charge in [0.2, 0.25) is 5.13 Å². The number of hydrogen-bond acceptors (Lipinski definition) is 5. The smallest absolute Gasteiger partial charge is 0.260 e. The third-order valence-corrected chi connectivity index (χ3v) is 5.33. The van der Waals surface area contributed by atoms with Gasteiger partial charge in [0.05, 0.1) is 23.1 Å². The molecule has 1 amide bonds. The number of aryl methyl sites for hydroxylation is 2. The molecule has 128 valence electrons. The monoisotopic (exact) mass is 353 g/mol. The number of carbonyl (C=O) groups excluding carboxylic acids is 1. The van der Waals surface area contributed by atoms with Gasteiger partial charge in [-0.1, -0.05) is 36.5 Å². The van der Waals surface area contributed by atoms with Gasteiger partial charge < -0.3 is 0 Å². The van der Waals surface area contributed by atoms with Crippen molar-refractivity contribution in [1.29, 1.82) is 0 Å².